The first-order valence-electron chi connectivity index (χ1n) is 9.94. The molecule has 4 aromatic carbocycles. The zero-order chi connectivity index (χ0) is 25.7. The van der Waals surface area contributed by atoms with Crippen molar-refractivity contribution >= 4 is 61.4 Å². The molecule has 184 valence electrons. The summed E-state index contributed by atoms with van der Waals surface area (Å²) in [6, 6.07) is 19.2. The smallest absolute Gasteiger partial charge is 0.744 e. The van der Waals surface area contributed by atoms with Crippen LogP contribution in [0.15, 0.2) is 103 Å². The van der Waals surface area contributed by atoms with Crippen LogP contribution in [0.25, 0.3) is 10.8 Å². The van der Waals surface area contributed by atoms with E-state index >= 15 is 0 Å². The van der Waals surface area contributed by atoms with Gasteiger partial charge in [0.1, 0.15) is 21.5 Å². The van der Waals surface area contributed by atoms with Gasteiger partial charge < -0.3 is 20.7 Å². The van der Waals surface area contributed by atoms with Crippen molar-refractivity contribution in [2.45, 2.75) is 9.79 Å². The minimum Gasteiger partial charge on any atom is -0.744 e. The molecule has 0 aliphatic heterocycles. The van der Waals surface area contributed by atoms with Crippen LogP contribution in [0.4, 0.5) is 28.4 Å². The van der Waals surface area contributed by atoms with Crippen LogP contribution in [0.3, 0.4) is 0 Å². The minimum absolute atomic E-state index is 0. The summed E-state index contributed by atoms with van der Waals surface area (Å²) in [5.74, 6) is -0.535. The number of phenolic OH excluding ortho intramolecular Hbond substituents is 1. The second-order valence-corrected chi connectivity index (χ2v) is 9.14. The number of anilines is 1. The van der Waals surface area contributed by atoms with Gasteiger partial charge in [-0.2, -0.15) is 14.6 Å². The summed E-state index contributed by atoms with van der Waals surface area (Å²) in [6.45, 7) is 0. The number of azo groups is 2. The molecule has 16 heteroatoms. The Morgan fingerprint density at radius 2 is 1.37 bits per heavy atom. The average molecular weight is 572 g/mol. The molecule has 0 atom stereocenters. The van der Waals surface area contributed by atoms with Gasteiger partial charge in [-0.1, -0.05) is 36.4 Å². The Kier molecular flexibility index (Phi) is 12.3. The van der Waals surface area contributed by atoms with E-state index in [1.54, 1.807) is 60.7 Å². The maximum atomic E-state index is 12.0. The van der Waals surface area contributed by atoms with Crippen molar-refractivity contribution in [3.05, 3.63) is 72.8 Å². The number of hydrogen-bond donors (Lipinski definition) is 2. The molecule has 0 fully saturated rings. The molecular weight excluding hydrogens is 556 g/mol. The Balaban J connectivity index is 0.00000253. The third-order valence-electron chi connectivity index (χ3n) is 4.78. The van der Waals surface area contributed by atoms with E-state index in [1.165, 1.54) is 6.07 Å². The normalized spacial score (nSPS) is 11.5. The van der Waals surface area contributed by atoms with Crippen LogP contribution in [0, 0.1) is 0 Å². The third kappa shape index (κ3) is 7.59. The van der Waals surface area contributed by atoms with Crippen molar-refractivity contribution in [1.29, 1.82) is 0 Å². The van der Waals surface area contributed by atoms with Crippen molar-refractivity contribution in [2.75, 3.05) is 5.73 Å². The van der Waals surface area contributed by atoms with Crippen LogP contribution in [0.1, 0.15) is 0 Å². The first kappa shape index (κ1) is 32.3. The molecule has 0 aromatic heterocycles. The Morgan fingerprint density at radius 3 is 1.87 bits per heavy atom. The molecule has 0 spiro atoms. The molecule has 4 aromatic rings. The van der Waals surface area contributed by atoms with Gasteiger partial charge in [-0.25, -0.2) is 8.42 Å². The van der Waals surface area contributed by atoms with E-state index in [0.717, 1.165) is 6.07 Å². The van der Waals surface area contributed by atoms with Gasteiger partial charge in [-0.3, -0.25) is 5.04 Å². The van der Waals surface area contributed by atoms with Crippen molar-refractivity contribution in [3.63, 3.8) is 0 Å². The molecule has 0 unspecified atom stereocenters. The number of nitrogens with zero attached hydrogens (tertiary/aromatic N) is 4. The van der Waals surface area contributed by atoms with E-state index in [9.17, 15) is 23.3 Å². The Morgan fingerprint density at radius 1 is 0.842 bits per heavy atom. The fourth-order valence-corrected chi connectivity index (χ4v) is 4.37. The van der Waals surface area contributed by atoms with Gasteiger partial charge in [0.15, 0.2) is 5.75 Å². The van der Waals surface area contributed by atoms with E-state index in [2.05, 4.69) is 29.8 Å². The Labute approximate surface area is 265 Å². The maximum Gasteiger partial charge on any atom is 1.00 e. The number of nitrogens with two attached hydrogens (primary N) is 1. The van der Waals surface area contributed by atoms with E-state index in [0.29, 0.717) is 23.4 Å². The van der Waals surface area contributed by atoms with Crippen molar-refractivity contribution < 1.29 is 91.8 Å². The second kappa shape index (κ2) is 14.5. The molecule has 4 rings (SSSR count). The molecule has 0 aliphatic carbocycles. The number of benzene rings is 4. The summed E-state index contributed by atoms with van der Waals surface area (Å²) in [5.41, 5.74) is 6.07. The summed E-state index contributed by atoms with van der Waals surface area (Å²) < 4.78 is 40.4. The number of hydrogen-bond acceptors (Lipinski definition) is 13. The zero-order valence-electron chi connectivity index (χ0n) is 20.0. The Hall–Kier alpha value is -1.92. The number of fused-ring (bicyclic) bond motifs is 1. The molecule has 0 aliphatic rings. The number of rotatable bonds is 8. The van der Waals surface area contributed by atoms with E-state index in [1.807, 2.05) is 0 Å². The standard InChI is InChI=1S/C22H17N5O7S2.2Na/c23-19-18-13(12-17(36(30,31)32)21(19)27-25-15-9-5-2-6-10-15)11-16(35-34-33-29)20(22(18)28)26-24-14-7-3-1-4-8-14;;/h1-12,28-29H,23H2,(H,30,31,32);;/q;2*+1/p-2. The molecule has 0 bridgehead atoms. The van der Waals surface area contributed by atoms with E-state index in [4.69, 9.17) is 5.73 Å². The molecule has 38 heavy (non-hydrogen) atoms. The monoisotopic (exact) mass is 571 g/mol. The molecule has 0 amide bonds. The van der Waals surface area contributed by atoms with Gasteiger partial charge in [0.25, 0.3) is 0 Å². The molecule has 0 saturated heterocycles. The van der Waals surface area contributed by atoms with Crippen molar-refractivity contribution in [2.24, 2.45) is 20.5 Å². The minimum atomic E-state index is -5.07. The van der Waals surface area contributed by atoms with Crippen LogP contribution < -0.4 is 70.1 Å². The largest absolute Gasteiger partial charge is 1.00 e. The van der Waals surface area contributed by atoms with Gasteiger partial charge in [-0.15, -0.1) is 10.2 Å². The molecule has 0 heterocycles. The van der Waals surface area contributed by atoms with Gasteiger partial charge in [0.05, 0.1) is 44.3 Å². The molecule has 12 nitrogen and oxygen atoms in total. The van der Waals surface area contributed by atoms with Gasteiger partial charge in [-0.05, 0) is 41.8 Å². The quantitative estimate of drug-likeness (QED) is 0.0513. The zero-order valence-corrected chi connectivity index (χ0v) is 25.6. The summed E-state index contributed by atoms with van der Waals surface area (Å²) in [7, 11) is -5.07. The van der Waals surface area contributed by atoms with Gasteiger partial charge >= 0.3 is 59.1 Å². The summed E-state index contributed by atoms with van der Waals surface area (Å²) in [4.78, 5) is -0.745. The topological polar surface area (TPSA) is 194 Å². The average Bonchev–Trinajstić information content (AvgIpc) is 2.86. The predicted molar refractivity (Wildman–Crippen MR) is 127 cm³/mol. The van der Waals surface area contributed by atoms with Crippen molar-refractivity contribution in [1.82, 2.24) is 0 Å². The predicted octanol–water partition coefficient (Wildman–Crippen LogP) is -0.899. The van der Waals surface area contributed by atoms with Crippen LogP contribution in [0.5, 0.6) is 5.75 Å². The second-order valence-electron chi connectivity index (χ2n) is 7.05. The SMILES string of the molecule is Nc1c(N=Nc2ccccc2)c(S(=O)(=O)[O-])cc2cc(SOO[O-])c(N=Nc3ccccc3)c(O)c12.[Na+].[Na+]. The summed E-state index contributed by atoms with van der Waals surface area (Å²) in [6.07, 6.45) is 0. The van der Waals surface area contributed by atoms with Crippen LogP contribution in [-0.2, 0) is 19.5 Å². The third-order valence-corrected chi connectivity index (χ3v) is 6.24. The number of aromatic hydroxyl groups is 1. The number of nitrogen functional groups attached to an aromatic ring is 1. The first-order valence-corrected chi connectivity index (χ1v) is 12.1. The van der Waals surface area contributed by atoms with Gasteiger partial charge in [0, 0.05) is 0 Å². The first-order chi connectivity index (χ1) is 17.3. The Bertz CT molecular complexity index is 1580. The fourth-order valence-electron chi connectivity index (χ4n) is 3.22. The molecule has 0 saturated carbocycles. The fraction of sp³-hybridized carbons (Fsp3) is 0. The molecular formula is C22H15N5Na2O7S2. The molecule has 3 N–H and O–H groups in total. The van der Waals surface area contributed by atoms with E-state index < -0.39 is 26.5 Å². The van der Waals surface area contributed by atoms with Crippen LogP contribution in [-0.4, -0.2) is 18.1 Å². The van der Waals surface area contributed by atoms with Crippen molar-refractivity contribution in [3.8, 4) is 5.75 Å². The number of phenols is 1. The van der Waals surface area contributed by atoms with Crippen LogP contribution in [0.2, 0.25) is 0 Å². The van der Waals surface area contributed by atoms with E-state index in [-0.39, 0.29) is 86.2 Å². The van der Waals surface area contributed by atoms with Gasteiger partial charge in [0.2, 0.25) is 0 Å². The molecule has 0 radical (unpaired) electrons. The summed E-state index contributed by atoms with van der Waals surface area (Å²) >= 11 is 0.383. The maximum absolute atomic E-state index is 12.0. The summed E-state index contributed by atoms with van der Waals surface area (Å²) in [5, 5.41) is 40.7. The van der Waals surface area contributed by atoms with Crippen LogP contribution >= 0.6 is 12.0 Å².